The molecule has 0 aromatic carbocycles. The molecule has 1 atom stereocenters. The average molecular weight is 314 g/mol. The molecule has 8 heteroatoms. The van der Waals surface area contributed by atoms with Crippen LogP contribution in [-0.4, -0.2) is 51.8 Å². The summed E-state index contributed by atoms with van der Waals surface area (Å²) in [6.07, 6.45) is 1.35. The number of hydrogen-bond donors (Lipinski definition) is 1. The molecule has 0 bridgehead atoms. The summed E-state index contributed by atoms with van der Waals surface area (Å²) in [6.45, 7) is 5.32. The van der Waals surface area contributed by atoms with Gasteiger partial charge in [0.15, 0.2) is 4.34 Å². The Hall–Kier alpha value is -1.15. The van der Waals surface area contributed by atoms with Crippen LogP contribution in [-0.2, 0) is 9.59 Å². The fraction of sp³-hybridized carbons (Fsp3) is 0.667. The van der Waals surface area contributed by atoms with Crippen molar-refractivity contribution in [1.29, 1.82) is 0 Å². The molecule has 6 nitrogen and oxygen atoms in total. The van der Waals surface area contributed by atoms with Gasteiger partial charge in [-0.25, -0.2) is 0 Å². The van der Waals surface area contributed by atoms with E-state index in [4.69, 9.17) is 0 Å². The molecule has 0 radical (unpaired) electrons. The molecule has 2 heterocycles. The van der Waals surface area contributed by atoms with Gasteiger partial charge in [-0.15, -0.1) is 10.2 Å². The molecule has 2 rings (SSSR count). The zero-order valence-electron chi connectivity index (χ0n) is 11.6. The van der Waals surface area contributed by atoms with E-state index in [-0.39, 0.29) is 17.9 Å². The summed E-state index contributed by atoms with van der Waals surface area (Å²) in [7, 11) is 0. The van der Waals surface area contributed by atoms with E-state index in [1.807, 2.05) is 18.7 Å². The predicted molar refractivity (Wildman–Crippen MR) is 78.8 cm³/mol. The highest BCUT2D eigenvalue weighted by atomic mass is 32.2. The zero-order chi connectivity index (χ0) is 14.5. The van der Waals surface area contributed by atoms with Crippen LogP contribution >= 0.6 is 23.1 Å². The van der Waals surface area contributed by atoms with Crippen molar-refractivity contribution in [2.45, 2.75) is 37.1 Å². The molecule has 1 fully saturated rings. The highest BCUT2D eigenvalue weighted by Gasteiger charge is 2.29. The SMILES string of the molecule is CCCN1CC(NC(=O)CSc2nnc(C)s2)CC1=O. The zero-order valence-corrected chi connectivity index (χ0v) is 13.2. The Kier molecular flexibility index (Phi) is 5.36. The van der Waals surface area contributed by atoms with Crippen LogP contribution < -0.4 is 5.32 Å². The maximum atomic E-state index is 11.8. The Morgan fingerprint density at radius 1 is 1.55 bits per heavy atom. The van der Waals surface area contributed by atoms with Crippen LogP contribution in [0.3, 0.4) is 0 Å². The molecule has 2 amide bonds. The van der Waals surface area contributed by atoms with E-state index in [0.717, 1.165) is 22.3 Å². The molecule has 1 N–H and O–H groups in total. The maximum absolute atomic E-state index is 11.8. The fourth-order valence-corrected chi connectivity index (χ4v) is 3.71. The van der Waals surface area contributed by atoms with Crippen molar-refractivity contribution in [3.05, 3.63) is 5.01 Å². The number of aromatic nitrogens is 2. The lowest BCUT2D eigenvalue weighted by Gasteiger charge is -2.15. The Morgan fingerprint density at radius 2 is 2.35 bits per heavy atom. The van der Waals surface area contributed by atoms with E-state index in [1.54, 1.807) is 0 Å². The van der Waals surface area contributed by atoms with Crippen molar-refractivity contribution < 1.29 is 9.59 Å². The lowest BCUT2D eigenvalue weighted by atomic mass is 10.2. The molecule has 1 aromatic heterocycles. The molecule has 0 saturated carbocycles. The minimum Gasteiger partial charge on any atom is -0.350 e. The number of thioether (sulfide) groups is 1. The summed E-state index contributed by atoms with van der Waals surface area (Å²) in [5, 5.41) is 11.7. The molecule has 1 aliphatic rings. The Bertz CT molecular complexity index is 492. The van der Waals surface area contributed by atoms with Crippen LogP contribution in [0.4, 0.5) is 0 Å². The third kappa shape index (κ3) is 4.17. The van der Waals surface area contributed by atoms with Gasteiger partial charge in [0.25, 0.3) is 0 Å². The average Bonchev–Trinajstić information content (AvgIpc) is 2.95. The number of hydrogen-bond acceptors (Lipinski definition) is 6. The van der Waals surface area contributed by atoms with Gasteiger partial charge in [0, 0.05) is 19.5 Å². The summed E-state index contributed by atoms with van der Waals surface area (Å²) in [5.74, 6) is 0.385. The smallest absolute Gasteiger partial charge is 0.230 e. The van der Waals surface area contributed by atoms with Gasteiger partial charge in [0.05, 0.1) is 11.8 Å². The number of carbonyl (C=O) groups is 2. The Balaban J connectivity index is 1.73. The van der Waals surface area contributed by atoms with E-state index < -0.39 is 0 Å². The molecule has 1 saturated heterocycles. The third-order valence-corrected chi connectivity index (χ3v) is 4.88. The van der Waals surface area contributed by atoms with E-state index in [9.17, 15) is 9.59 Å². The second kappa shape index (κ2) is 7.03. The molecule has 1 aromatic rings. The normalized spacial score (nSPS) is 18.6. The highest BCUT2D eigenvalue weighted by molar-refractivity contribution is 8.01. The number of nitrogens with zero attached hydrogens (tertiary/aromatic N) is 3. The highest BCUT2D eigenvalue weighted by Crippen LogP contribution is 2.21. The van der Waals surface area contributed by atoms with Crippen molar-refractivity contribution in [2.75, 3.05) is 18.8 Å². The van der Waals surface area contributed by atoms with Gasteiger partial charge in [-0.3, -0.25) is 9.59 Å². The first-order valence-corrected chi connectivity index (χ1v) is 8.38. The van der Waals surface area contributed by atoms with Gasteiger partial charge in [0.2, 0.25) is 11.8 Å². The van der Waals surface area contributed by atoms with Crippen LogP contribution in [0.15, 0.2) is 4.34 Å². The van der Waals surface area contributed by atoms with E-state index in [1.165, 1.54) is 23.1 Å². The predicted octanol–water partition coefficient (Wildman–Crippen LogP) is 1.07. The quantitative estimate of drug-likeness (QED) is 0.795. The standard InChI is InChI=1S/C12H18N4O2S2/c1-3-4-16-6-9(5-11(16)18)13-10(17)7-19-12-15-14-8(2)20-12/h9H,3-7H2,1-2H3,(H,13,17). The minimum atomic E-state index is -0.0571. The second-order valence-corrected chi connectivity index (χ2v) is 7.09. The maximum Gasteiger partial charge on any atom is 0.230 e. The lowest BCUT2D eigenvalue weighted by Crippen LogP contribution is -2.38. The second-order valence-electron chi connectivity index (χ2n) is 4.68. The number of rotatable bonds is 6. The molecule has 20 heavy (non-hydrogen) atoms. The Labute approximate surface area is 126 Å². The van der Waals surface area contributed by atoms with Crippen LogP contribution in [0, 0.1) is 6.92 Å². The Morgan fingerprint density at radius 3 is 3.00 bits per heavy atom. The number of aryl methyl sites for hydroxylation is 1. The third-order valence-electron chi connectivity index (χ3n) is 2.91. The van der Waals surface area contributed by atoms with E-state index in [0.29, 0.717) is 18.7 Å². The van der Waals surface area contributed by atoms with Gasteiger partial charge in [-0.05, 0) is 13.3 Å². The lowest BCUT2D eigenvalue weighted by molar-refractivity contribution is -0.127. The van der Waals surface area contributed by atoms with E-state index >= 15 is 0 Å². The molecule has 0 aliphatic carbocycles. The number of carbonyl (C=O) groups excluding carboxylic acids is 2. The fourth-order valence-electron chi connectivity index (χ4n) is 2.09. The van der Waals surface area contributed by atoms with Crippen LogP contribution in [0.25, 0.3) is 0 Å². The molecule has 0 spiro atoms. The number of likely N-dealkylation sites (tertiary alicyclic amines) is 1. The summed E-state index contributed by atoms with van der Waals surface area (Å²) in [5.41, 5.74) is 0. The van der Waals surface area contributed by atoms with Crippen molar-refractivity contribution in [2.24, 2.45) is 0 Å². The summed E-state index contributed by atoms with van der Waals surface area (Å²) >= 11 is 2.86. The van der Waals surface area contributed by atoms with Gasteiger partial charge >= 0.3 is 0 Å². The van der Waals surface area contributed by atoms with Crippen molar-refractivity contribution in [1.82, 2.24) is 20.4 Å². The largest absolute Gasteiger partial charge is 0.350 e. The monoisotopic (exact) mass is 314 g/mol. The van der Waals surface area contributed by atoms with Gasteiger partial charge in [0.1, 0.15) is 5.01 Å². The number of nitrogens with one attached hydrogen (secondary N) is 1. The first kappa shape index (κ1) is 15.2. The van der Waals surface area contributed by atoms with Gasteiger partial charge < -0.3 is 10.2 Å². The van der Waals surface area contributed by atoms with Crippen molar-refractivity contribution >= 4 is 34.9 Å². The van der Waals surface area contributed by atoms with Crippen LogP contribution in [0.5, 0.6) is 0 Å². The minimum absolute atomic E-state index is 0.0565. The molecule has 1 aliphatic heterocycles. The van der Waals surface area contributed by atoms with E-state index in [2.05, 4.69) is 15.5 Å². The molecular weight excluding hydrogens is 296 g/mol. The van der Waals surface area contributed by atoms with Crippen LogP contribution in [0.2, 0.25) is 0 Å². The van der Waals surface area contributed by atoms with Gasteiger partial charge in [-0.2, -0.15) is 0 Å². The topological polar surface area (TPSA) is 75.2 Å². The van der Waals surface area contributed by atoms with Crippen molar-refractivity contribution in [3.63, 3.8) is 0 Å². The number of amides is 2. The summed E-state index contributed by atoms with van der Waals surface area (Å²) in [4.78, 5) is 25.3. The molecule has 110 valence electrons. The van der Waals surface area contributed by atoms with Crippen LogP contribution in [0.1, 0.15) is 24.8 Å². The first-order chi connectivity index (χ1) is 9.58. The van der Waals surface area contributed by atoms with Gasteiger partial charge in [-0.1, -0.05) is 30.0 Å². The molecular formula is C12H18N4O2S2. The summed E-state index contributed by atoms with van der Waals surface area (Å²) in [6, 6.07) is -0.0571. The first-order valence-electron chi connectivity index (χ1n) is 6.58. The molecule has 1 unspecified atom stereocenters. The van der Waals surface area contributed by atoms with Crippen molar-refractivity contribution in [3.8, 4) is 0 Å². The summed E-state index contributed by atoms with van der Waals surface area (Å²) < 4.78 is 0.799.